The third-order valence-corrected chi connectivity index (χ3v) is 2.74. The van der Waals surface area contributed by atoms with Gasteiger partial charge in [-0.2, -0.15) is 8.42 Å². The first-order chi connectivity index (χ1) is 6.51. The Morgan fingerprint density at radius 3 is 2.29 bits per heavy atom. The Morgan fingerprint density at radius 1 is 1.29 bits per heavy atom. The monoisotopic (exact) mass is 232 g/mol. The smallest absolute Gasteiger partial charge is 0.190 e. The maximum atomic E-state index is 12.1. The van der Waals surface area contributed by atoms with Crippen molar-refractivity contribution >= 4 is 28.1 Å². The fourth-order valence-corrected chi connectivity index (χ4v) is 1.60. The van der Waals surface area contributed by atoms with Crippen LogP contribution in [0.4, 0.5) is 3.89 Å². The lowest BCUT2D eigenvalue weighted by atomic mass is 10.2. The van der Waals surface area contributed by atoms with E-state index in [1.165, 1.54) is 6.08 Å². The van der Waals surface area contributed by atoms with E-state index in [0.717, 1.165) is 4.90 Å². The van der Waals surface area contributed by atoms with Gasteiger partial charge in [0.15, 0.2) is 0 Å². The quantitative estimate of drug-likeness (QED) is 0.593. The zero-order chi connectivity index (χ0) is 10.6. The van der Waals surface area contributed by atoms with Crippen LogP contribution in [0.25, 0.3) is 6.08 Å². The van der Waals surface area contributed by atoms with Crippen molar-refractivity contribution in [1.82, 2.24) is 0 Å². The molecule has 0 bridgehead atoms. The second-order valence-corrected chi connectivity index (χ2v) is 4.65. The summed E-state index contributed by atoms with van der Waals surface area (Å²) in [7, 11) is -4.52. The minimum absolute atomic E-state index is 0.543. The molecule has 1 rings (SSSR count). The van der Waals surface area contributed by atoms with Crippen molar-refractivity contribution in [2.75, 3.05) is 6.26 Å². The highest BCUT2D eigenvalue weighted by molar-refractivity contribution is 7.98. The van der Waals surface area contributed by atoms with Crippen LogP contribution < -0.4 is 0 Å². The molecule has 1 aromatic carbocycles. The summed E-state index contributed by atoms with van der Waals surface area (Å²) < 4.78 is 32.4. The van der Waals surface area contributed by atoms with Crippen molar-refractivity contribution in [3.8, 4) is 0 Å². The minimum Gasteiger partial charge on any atom is -0.190 e. The lowest BCUT2D eigenvalue weighted by Crippen LogP contribution is -1.81. The van der Waals surface area contributed by atoms with Crippen LogP contribution in [0, 0.1) is 0 Å². The van der Waals surface area contributed by atoms with Crippen LogP contribution in [0.1, 0.15) is 5.56 Å². The molecule has 0 fully saturated rings. The molecule has 0 saturated carbocycles. The minimum atomic E-state index is -4.52. The fraction of sp³-hybridized carbons (Fsp3) is 0.111. The standard InChI is InChI=1S/C9H9FO2S2/c1-13-9-4-2-8(3-5-9)6-7-14(10,11)12/h2-7H,1H3/b7-6+. The average molecular weight is 232 g/mol. The van der Waals surface area contributed by atoms with E-state index >= 15 is 0 Å². The van der Waals surface area contributed by atoms with E-state index in [2.05, 4.69) is 0 Å². The van der Waals surface area contributed by atoms with Crippen LogP contribution >= 0.6 is 11.8 Å². The Bertz CT molecular complexity index is 421. The summed E-state index contributed by atoms with van der Waals surface area (Å²) in [6.07, 6.45) is 3.16. The summed E-state index contributed by atoms with van der Waals surface area (Å²) in [6, 6.07) is 7.14. The highest BCUT2D eigenvalue weighted by Crippen LogP contribution is 2.15. The Balaban J connectivity index is 2.84. The molecule has 0 spiro atoms. The Labute approximate surface area is 87.0 Å². The predicted molar refractivity (Wildman–Crippen MR) is 57.3 cm³/mol. The maximum Gasteiger partial charge on any atom is 0.325 e. The van der Waals surface area contributed by atoms with Gasteiger partial charge in [0, 0.05) is 4.90 Å². The van der Waals surface area contributed by atoms with Gasteiger partial charge in [0.1, 0.15) is 0 Å². The van der Waals surface area contributed by atoms with E-state index < -0.39 is 10.2 Å². The van der Waals surface area contributed by atoms with Gasteiger partial charge in [0.25, 0.3) is 0 Å². The third kappa shape index (κ3) is 3.93. The van der Waals surface area contributed by atoms with Gasteiger partial charge in [0.05, 0.1) is 5.41 Å². The first-order valence-electron chi connectivity index (χ1n) is 3.78. The number of halogens is 1. The molecule has 0 radical (unpaired) electrons. The summed E-state index contributed by atoms with van der Waals surface area (Å²) >= 11 is 1.58. The van der Waals surface area contributed by atoms with Crippen LogP contribution in [0.15, 0.2) is 34.6 Å². The van der Waals surface area contributed by atoms with E-state index in [1.807, 2.05) is 18.4 Å². The van der Waals surface area contributed by atoms with Crippen LogP contribution in [0.3, 0.4) is 0 Å². The third-order valence-electron chi connectivity index (χ3n) is 1.54. The lowest BCUT2D eigenvalue weighted by molar-refractivity contribution is 0.563. The molecule has 14 heavy (non-hydrogen) atoms. The van der Waals surface area contributed by atoms with Gasteiger partial charge in [-0.05, 0) is 30.0 Å². The van der Waals surface area contributed by atoms with Gasteiger partial charge in [-0.25, -0.2) is 0 Å². The topological polar surface area (TPSA) is 34.1 Å². The van der Waals surface area contributed by atoms with Crippen molar-refractivity contribution in [1.29, 1.82) is 0 Å². The van der Waals surface area contributed by atoms with Gasteiger partial charge >= 0.3 is 10.2 Å². The first-order valence-corrected chi connectivity index (χ1v) is 6.45. The molecular formula is C9H9FO2S2. The molecule has 0 unspecified atom stereocenters. The van der Waals surface area contributed by atoms with E-state index in [9.17, 15) is 12.3 Å². The Kier molecular flexibility index (Phi) is 3.71. The molecule has 0 aliphatic carbocycles. The van der Waals surface area contributed by atoms with Crippen LogP contribution in [-0.2, 0) is 10.2 Å². The molecule has 0 aliphatic rings. The Hall–Kier alpha value is -0.810. The normalized spacial score (nSPS) is 12.1. The highest BCUT2D eigenvalue weighted by Gasteiger charge is 1.98. The molecule has 0 aliphatic heterocycles. The summed E-state index contributed by atoms with van der Waals surface area (Å²) in [5.74, 6) is 0. The number of thioether (sulfide) groups is 1. The molecule has 0 aromatic heterocycles. The van der Waals surface area contributed by atoms with E-state index in [0.29, 0.717) is 11.0 Å². The van der Waals surface area contributed by atoms with Crippen LogP contribution in [0.5, 0.6) is 0 Å². The molecule has 1 aromatic rings. The molecule has 5 heteroatoms. The lowest BCUT2D eigenvalue weighted by Gasteiger charge is -1.95. The summed E-state index contributed by atoms with van der Waals surface area (Å²) in [5, 5.41) is 0.543. The molecule has 76 valence electrons. The molecule has 0 saturated heterocycles. The van der Waals surface area contributed by atoms with Gasteiger partial charge in [-0.1, -0.05) is 12.1 Å². The van der Waals surface area contributed by atoms with Gasteiger partial charge < -0.3 is 0 Å². The summed E-state index contributed by atoms with van der Waals surface area (Å²) in [5.41, 5.74) is 0.657. The average Bonchev–Trinajstić information content (AvgIpc) is 2.14. The van der Waals surface area contributed by atoms with Gasteiger partial charge in [-0.3, -0.25) is 0 Å². The molecule has 0 N–H and O–H groups in total. The fourth-order valence-electron chi connectivity index (χ4n) is 0.875. The SMILES string of the molecule is CSc1ccc(/C=C/S(=O)(=O)F)cc1. The van der Waals surface area contributed by atoms with Gasteiger partial charge in [0.2, 0.25) is 0 Å². The van der Waals surface area contributed by atoms with Crippen molar-refractivity contribution in [3.63, 3.8) is 0 Å². The van der Waals surface area contributed by atoms with Crippen LogP contribution in [-0.4, -0.2) is 14.7 Å². The molecule has 0 atom stereocenters. The largest absolute Gasteiger partial charge is 0.325 e. The zero-order valence-corrected chi connectivity index (χ0v) is 9.11. The maximum absolute atomic E-state index is 12.1. The van der Waals surface area contributed by atoms with Crippen LogP contribution in [0.2, 0.25) is 0 Å². The number of benzene rings is 1. The predicted octanol–water partition coefficient (Wildman–Crippen LogP) is 2.68. The molecule has 0 heterocycles. The van der Waals surface area contributed by atoms with E-state index in [1.54, 1.807) is 23.9 Å². The molecule has 2 nitrogen and oxygen atoms in total. The number of hydrogen-bond acceptors (Lipinski definition) is 3. The van der Waals surface area contributed by atoms with E-state index in [4.69, 9.17) is 0 Å². The number of hydrogen-bond donors (Lipinski definition) is 0. The second-order valence-electron chi connectivity index (χ2n) is 2.55. The first kappa shape index (κ1) is 11.3. The van der Waals surface area contributed by atoms with Gasteiger partial charge in [-0.15, -0.1) is 15.6 Å². The van der Waals surface area contributed by atoms with Crippen molar-refractivity contribution < 1.29 is 12.3 Å². The summed E-state index contributed by atoms with van der Waals surface area (Å²) in [6.45, 7) is 0. The zero-order valence-electron chi connectivity index (χ0n) is 7.48. The summed E-state index contributed by atoms with van der Waals surface area (Å²) in [4.78, 5) is 1.07. The van der Waals surface area contributed by atoms with Crippen molar-refractivity contribution in [2.24, 2.45) is 0 Å². The second kappa shape index (κ2) is 4.61. The molecular weight excluding hydrogens is 223 g/mol. The van der Waals surface area contributed by atoms with E-state index in [-0.39, 0.29) is 0 Å². The highest BCUT2D eigenvalue weighted by atomic mass is 32.3. The molecule has 0 amide bonds. The number of rotatable bonds is 3. The Morgan fingerprint density at radius 2 is 1.86 bits per heavy atom. The van der Waals surface area contributed by atoms with Crippen molar-refractivity contribution in [2.45, 2.75) is 4.90 Å². The van der Waals surface area contributed by atoms with Crippen molar-refractivity contribution in [3.05, 3.63) is 35.2 Å².